The lowest BCUT2D eigenvalue weighted by Gasteiger charge is -2.26. The first-order valence-electron chi connectivity index (χ1n) is 14.1. The van der Waals surface area contributed by atoms with Crippen molar-refractivity contribution >= 4 is 28.1 Å². The molecule has 0 fully saturated rings. The van der Waals surface area contributed by atoms with Crippen molar-refractivity contribution in [3.8, 4) is 22.8 Å². The van der Waals surface area contributed by atoms with E-state index in [1.54, 1.807) is 26.6 Å². The largest absolute Gasteiger partial charge is 0.497 e. The van der Waals surface area contributed by atoms with Gasteiger partial charge in [0.1, 0.15) is 23.1 Å². The van der Waals surface area contributed by atoms with E-state index in [-0.39, 0.29) is 0 Å². The van der Waals surface area contributed by atoms with E-state index in [0.29, 0.717) is 13.1 Å². The molecule has 0 amide bonds. The summed E-state index contributed by atoms with van der Waals surface area (Å²) in [5.74, 6) is 3.20. The van der Waals surface area contributed by atoms with Crippen LogP contribution in [0.1, 0.15) is 23.6 Å². The number of anilines is 3. The monoisotopic (exact) mass is 571 g/mol. The summed E-state index contributed by atoms with van der Waals surface area (Å²) in [7, 11) is 3.36. The van der Waals surface area contributed by atoms with Gasteiger partial charge in [0.15, 0.2) is 0 Å². The maximum absolute atomic E-state index is 5.41. The number of benzene rings is 2. The van der Waals surface area contributed by atoms with Crippen molar-refractivity contribution in [2.75, 3.05) is 24.4 Å². The van der Waals surface area contributed by atoms with Gasteiger partial charge < -0.3 is 19.7 Å². The average Bonchev–Trinajstić information content (AvgIpc) is 3.57. The summed E-state index contributed by atoms with van der Waals surface area (Å²) in [5, 5.41) is 12.2. The Bertz CT molecular complexity index is 1760. The van der Waals surface area contributed by atoms with Gasteiger partial charge in [-0.15, -0.1) is 0 Å². The fraction of sp³-hybridized carbons (Fsp3) is 0.176. The minimum absolute atomic E-state index is 0.629. The predicted octanol–water partition coefficient (Wildman–Crippen LogP) is 6.94. The number of nitrogens with one attached hydrogen (secondary N) is 2. The summed E-state index contributed by atoms with van der Waals surface area (Å²) >= 11 is 0. The van der Waals surface area contributed by atoms with Crippen LogP contribution >= 0.6 is 0 Å². The normalized spacial score (nSPS) is 11.0. The molecule has 0 saturated heterocycles. The molecular weight excluding hydrogens is 538 g/mol. The molecular formula is C34H33N7O2. The van der Waals surface area contributed by atoms with Crippen LogP contribution in [0, 0.1) is 0 Å². The predicted molar refractivity (Wildman–Crippen MR) is 170 cm³/mol. The van der Waals surface area contributed by atoms with Gasteiger partial charge in [-0.2, -0.15) is 5.10 Å². The van der Waals surface area contributed by atoms with E-state index in [1.165, 1.54) is 5.56 Å². The molecule has 6 aromatic rings. The zero-order valence-electron chi connectivity index (χ0n) is 24.4. The summed E-state index contributed by atoms with van der Waals surface area (Å²) in [6.07, 6.45) is 10.0. The molecule has 216 valence electrons. The minimum Gasteiger partial charge on any atom is -0.497 e. The molecule has 4 aromatic heterocycles. The number of rotatable bonds is 11. The lowest BCUT2D eigenvalue weighted by atomic mass is 10.0. The van der Waals surface area contributed by atoms with Gasteiger partial charge in [0.05, 0.1) is 31.8 Å². The maximum atomic E-state index is 5.41. The Morgan fingerprint density at radius 2 is 1.53 bits per heavy atom. The van der Waals surface area contributed by atoms with Crippen molar-refractivity contribution in [1.82, 2.24) is 25.1 Å². The molecule has 0 radical (unpaired) electrons. The van der Waals surface area contributed by atoms with Gasteiger partial charge in [0, 0.05) is 48.8 Å². The SMILES string of the molecule is CCc1ccncc1-c1cc2cc(Nc3cn[nH]c3)ncc2c(N(Cc2ccc(OC)cc2)Cc2ccc(OC)cc2)n1. The van der Waals surface area contributed by atoms with Crippen LogP contribution in [0.3, 0.4) is 0 Å². The fourth-order valence-electron chi connectivity index (χ4n) is 5.12. The Labute approximate surface area is 250 Å². The molecule has 0 spiro atoms. The standard InChI is InChI=1S/C34H33N7O2/c1-4-25-13-14-35-19-30(25)32-15-26-16-33(39-27-17-37-38-18-27)36-20-31(26)34(40-32)41(21-23-5-9-28(42-2)10-6-23)22-24-7-11-29(43-3)12-8-24/h5-20H,4,21-22H2,1-3H3,(H,36,39)(H,37,38). The number of methoxy groups -OCH3 is 2. The van der Waals surface area contributed by atoms with Crippen molar-refractivity contribution in [2.24, 2.45) is 0 Å². The summed E-state index contributed by atoms with van der Waals surface area (Å²) in [6, 6.07) is 22.5. The molecule has 6 rings (SSSR count). The fourth-order valence-corrected chi connectivity index (χ4v) is 5.12. The van der Waals surface area contributed by atoms with Crippen molar-refractivity contribution in [3.63, 3.8) is 0 Å². The molecule has 0 aliphatic heterocycles. The van der Waals surface area contributed by atoms with E-state index in [1.807, 2.05) is 42.9 Å². The number of H-pyrrole nitrogens is 1. The van der Waals surface area contributed by atoms with E-state index in [2.05, 4.69) is 74.8 Å². The first kappa shape index (κ1) is 27.7. The van der Waals surface area contributed by atoms with E-state index >= 15 is 0 Å². The number of nitrogens with zero attached hydrogens (tertiary/aromatic N) is 5. The Kier molecular flexibility index (Phi) is 8.13. The van der Waals surface area contributed by atoms with Crippen molar-refractivity contribution in [1.29, 1.82) is 0 Å². The summed E-state index contributed by atoms with van der Waals surface area (Å²) in [5.41, 5.74) is 6.18. The third kappa shape index (κ3) is 6.25. The maximum Gasteiger partial charge on any atom is 0.139 e. The third-order valence-corrected chi connectivity index (χ3v) is 7.40. The van der Waals surface area contributed by atoms with Crippen LogP contribution in [-0.4, -0.2) is 39.4 Å². The van der Waals surface area contributed by atoms with E-state index in [0.717, 1.165) is 68.4 Å². The van der Waals surface area contributed by atoms with Crippen LogP contribution in [-0.2, 0) is 19.5 Å². The van der Waals surface area contributed by atoms with Crippen molar-refractivity contribution < 1.29 is 9.47 Å². The van der Waals surface area contributed by atoms with E-state index in [4.69, 9.17) is 19.4 Å². The van der Waals surface area contributed by atoms with Gasteiger partial charge in [0.2, 0.25) is 0 Å². The molecule has 2 N–H and O–H groups in total. The first-order valence-corrected chi connectivity index (χ1v) is 14.1. The van der Waals surface area contributed by atoms with Gasteiger partial charge in [-0.25, -0.2) is 9.97 Å². The van der Waals surface area contributed by atoms with Crippen LogP contribution in [0.4, 0.5) is 17.3 Å². The summed E-state index contributed by atoms with van der Waals surface area (Å²) in [6.45, 7) is 3.41. The molecule has 0 unspecified atom stereocenters. The zero-order chi connectivity index (χ0) is 29.6. The van der Waals surface area contributed by atoms with Crippen LogP contribution in [0.25, 0.3) is 22.0 Å². The topological polar surface area (TPSA) is 101 Å². The highest BCUT2D eigenvalue weighted by molar-refractivity contribution is 5.96. The summed E-state index contributed by atoms with van der Waals surface area (Å²) in [4.78, 5) is 16.8. The Morgan fingerprint density at radius 3 is 2.14 bits per heavy atom. The highest BCUT2D eigenvalue weighted by Crippen LogP contribution is 2.34. The molecule has 9 nitrogen and oxygen atoms in total. The second-order valence-electron chi connectivity index (χ2n) is 10.2. The smallest absolute Gasteiger partial charge is 0.139 e. The molecule has 4 heterocycles. The quantitative estimate of drug-likeness (QED) is 0.172. The highest BCUT2D eigenvalue weighted by atomic mass is 16.5. The number of aromatic nitrogens is 5. The van der Waals surface area contributed by atoms with Gasteiger partial charge in [-0.05, 0) is 71.0 Å². The molecule has 0 saturated carbocycles. The van der Waals surface area contributed by atoms with E-state index in [9.17, 15) is 0 Å². The zero-order valence-corrected chi connectivity index (χ0v) is 24.4. The number of pyridine rings is 3. The second-order valence-corrected chi connectivity index (χ2v) is 10.2. The van der Waals surface area contributed by atoms with Crippen molar-refractivity contribution in [3.05, 3.63) is 114 Å². The molecule has 0 bridgehead atoms. The Hall–Kier alpha value is -5.44. The number of hydrogen-bond donors (Lipinski definition) is 2. The highest BCUT2D eigenvalue weighted by Gasteiger charge is 2.18. The van der Waals surface area contributed by atoms with E-state index < -0.39 is 0 Å². The van der Waals surface area contributed by atoms with Crippen LogP contribution in [0.2, 0.25) is 0 Å². The molecule has 0 aliphatic carbocycles. The lowest BCUT2D eigenvalue weighted by molar-refractivity contribution is 0.414. The van der Waals surface area contributed by atoms with Gasteiger partial charge in [-0.1, -0.05) is 31.2 Å². The van der Waals surface area contributed by atoms with Crippen molar-refractivity contribution in [2.45, 2.75) is 26.4 Å². The Balaban J connectivity index is 1.50. The number of aromatic amines is 1. The number of hydrogen-bond acceptors (Lipinski definition) is 8. The third-order valence-electron chi connectivity index (χ3n) is 7.40. The minimum atomic E-state index is 0.629. The molecule has 2 aromatic carbocycles. The number of fused-ring (bicyclic) bond motifs is 1. The molecule has 43 heavy (non-hydrogen) atoms. The second kappa shape index (κ2) is 12.6. The average molecular weight is 572 g/mol. The van der Waals surface area contributed by atoms with Gasteiger partial charge >= 0.3 is 0 Å². The Morgan fingerprint density at radius 1 is 0.837 bits per heavy atom. The lowest BCUT2D eigenvalue weighted by Crippen LogP contribution is -2.24. The van der Waals surface area contributed by atoms with Gasteiger partial charge in [0.25, 0.3) is 0 Å². The molecule has 0 atom stereocenters. The number of ether oxygens (including phenoxy) is 2. The molecule has 9 heteroatoms. The molecule has 0 aliphatic rings. The first-order chi connectivity index (χ1) is 21.1. The van der Waals surface area contributed by atoms with Gasteiger partial charge in [-0.3, -0.25) is 10.1 Å². The number of aryl methyl sites for hydroxylation is 1. The van der Waals surface area contributed by atoms with Crippen LogP contribution in [0.15, 0.2) is 97.7 Å². The van der Waals surface area contributed by atoms with Crippen LogP contribution < -0.4 is 19.7 Å². The summed E-state index contributed by atoms with van der Waals surface area (Å²) < 4.78 is 10.8. The van der Waals surface area contributed by atoms with Crippen LogP contribution in [0.5, 0.6) is 11.5 Å².